The standard InChI is InChI=1S/C9H18O2S/c1-8(2)4-5-9(3)6-12(10,11)7-9/h8H,4-7H2,1-3H3. The van der Waals surface area contributed by atoms with Crippen LogP contribution in [0.1, 0.15) is 33.6 Å². The average Bonchev–Trinajstić information content (AvgIpc) is 1.79. The van der Waals surface area contributed by atoms with E-state index in [1.165, 1.54) is 0 Å². The molecule has 1 aliphatic rings. The molecule has 0 unspecified atom stereocenters. The molecule has 0 aromatic rings. The fraction of sp³-hybridized carbons (Fsp3) is 1.00. The molecule has 0 amide bonds. The minimum atomic E-state index is -2.64. The summed E-state index contributed by atoms with van der Waals surface area (Å²) in [5, 5.41) is 0. The first kappa shape index (κ1) is 10.0. The molecule has 72 valence electrons. The summed E-state index contributed by atoms with van der Waals surface area (Å²) in [6, 6.07) is 0. The highest BCUT2D eigenvalue weighted by Crippen LogP contribution is 2.37. The lowest BCUT2D eigenvalue weighted by molar-refractivity contribution is 0.312. The third-order valence-corrected chi connectivity index (χ3v) is 4.74. The second kappa shape index (κ2) is 3.02. The molecule has 0 aromatic carbocycles. The van der Waals surface area contributed by atoms with Crippen LogP contribution in [0.15, 0.2) is 0 Å². The second-order valence-corrected chi connectivity index (χ2v) is 6.84. The molecule has 1 aliphatic heterocycles. The summed E-state index contributed by atoms with van der Waals surface area (Å²) in [6.45, 7) is 6.43. The van der Waals surface area contributed by atoms with Gasteiger partial charge in [-0.25, -0.2) is 8.42 Å². The van der Waals surface area contributed by atoms with Crippen molar-refractivity contribution in [3.05, 3.63) is 0 Å². The van der Waals surface area contributed by atoms with Gasteiger partial charge in [0, 0.05) is 0 Å². The van der Waals surface area contributed by atoms with E-state index < -0.39 is 9.84 Å². The van der Waals surface area contributed by atoms with Crippen LogP contribution in [0.3, 0.4) is 0 Å². The lowest BCUT2D eigenvalue weighted by Crippen LogP contribution is -2.46. The Morgan fingerprint density at radius 2 is 1.83 bits per heavy atom. The van der Waals surface area contributed by atoms with E-state index >= 15 is 0 Å². The van der Waals surface area contributed by atoms with Crippen LogP contribution in [-0.4, -0.2) is 19.9 Å². The fourth-order valence-electron chi connectivity index (χ4n) is 1.80. The molecule has 0 N–H and O–H groups in total. The Morgan fingerprint density at radius 1 is 1.33 bits per heavy atom. The van der Waals surface area contributed by atoms with E-state index in [0.717, 1.165) is 12.8 Å². The van der Waals surface area contributed by atoms with Gasteiger partial charge in [-0.05, 0) is 17.8 Å². The van der Waals surface area contributed by atoms with E-state index in [1.807, 2.05) is 0 Å². The first-order valence-corrected chi connectivity index (χ1v) is 6.36. The van der Waals surface area contributed by atoms with E-state index in [1.54, 1.807) is 0 Å². The maximum absolute atomic E-state index is 10.9. The van der Waals surface area contributed by atoms with Crippen LogP contribution >= 0.6 is 0 Å². The van der Waals surface area contributed by atoms with E-state index in [2.05, 4.69) is 20.8 Å². The molecule has 0 aromatic heterocycles. The predicted octanol–water partition coefficient (Wildman–Crippen LogP) is 1.86. The number of rotatable bonds is 3. The van der Waals surface area contributed by atoms with Gasteiger partial charge in [-0.1, -0.05) is 27.2 Å². The van der Waals surface area contributed by atoms with Gasteiger partial charge in [0.05, 0.1) is 11.5 Å². The van der Waals surface area contributed by atoms with E-state index in [0.29, 0.717) is 17.4 Å². The Bertz CT molecular complexity index is 240. The first-order chi connectivity index (χ1) is 5.33. The summed E-state index contributed by atoms with van der Waals surface area (Å²) >= 11 is 0. The SMILES string of the molecule is CC(C)CCC1(C)CS(=O)(=O)C1. The van der Waals surface area contributed by atoms with Crippen LogP contribution in [0.5, 0.6) is 0 Å². The Morgan fingerprint density at radius 3 is 2.17 bits per heavy atom. The number of hydrogen-bond donors (Lipinski definition) is 0. The van der Waals surface area contributed by atoms with Crippen LogP contribution in [0.2, 0.25) is 0 Å². The van der Waals surface area contributed by atoms with Crippen molar-refractivity contribution in [2.24, 2.45) is 11.3 Å². The van der Waals surface area contributed by atoms with Crippen LogP contribution in [-0.2, 0) is 9.84 Å². The summed E-state index contributed by atoms with van der Waals surface area (Å²) < 4.78 is 21.9. The molecule has 1 heterocycles. The van der Waals surface area contributed by atoms with Crippen molar-refractivity contribution in [3.8, 4) is 0 Å². The molecule has 1 saturated heterocycles. The van der Waals surface area contributed by atoms with Crippen molar-refractivity contribution < 1.29 is 8.42 Å². The maximum atomic E-state index is 10.9. The summed E-state index contributed by atoms with van der Waals surface area (Å²) in [4.78, 5) is 0. The molecule has 12 heavy (non-hydrogen) atoms. The smallest absolute Gasteiger partial charge is 0.151 e. The van der Waals surface area contributed by atoms with Crippen molar-refractivity contribution in [1.29, 1.82) is 0 Å². The van der Waals surface area contributed by atoms with Gasteiger partial charge in [0.25, 0.3) is 0 Å². The third kappa shape index (κ3) is 2.47. The molecule has 0 spiro atoms. The Balaban J connectivity index is 2.36. The molecule has 0 aliphatic carbocycles. The Labute approximate surface area is 75.3 Å². The minimum Gasteiger partial charge on any atom is -0.229 e. The molecule has 0 bridgehead atoms. The Kier molecular flexibility index (Phi) is 2.52. The zero-order valence-corrected chi connectivity index (χ0v) is 8.95. The number of hydrogen-bond acceptors (Lipinski definition) is 2. The fourth-order valence-corrected chi connectivity index (χ4v) is 4.13. The van der Waals surface area contributed by atoms with Crippen LogP contribution < -0.4 is 0 Å². The van der Waals surface area contributed by atoms with Crippen molar-refractivity contribution in [2.75, 3.05) is 11.5 Å². The van der Waals surface area contributed by atoms with Gasteiger partial charge in [-0.3, -0.25) is 0 Å². The quantitative estimate of drug-likeness (QED) is 0.680. The van der Waals surface area contributed by atoms with Gasteiger partial charge in [0.2, 0.25) is 0 Å². The summed E-state index contributed by atoms with van der Waals surface area (Å²) in [5.41, 5.74) is 0.100. The van der Waals surface area contributed by atoms with Gasteiger partial charge in [0.1, 0.15) is 0 Å². The molecular weight excluding hydrogens is 172 g/mol. The molecule has 0 radical (unpaired) electrons. The zero-order valence-electron chi connectivity index (χ0n) is 8.13. The first-order valence-electron chi connectivity index (χ1n) is 4.53. The predicted molar refractivity (Wildman–Crippen MR) is 50.8 cm³/mol. The average molecular weight is 190 g/mol. The van der Waals surface area contributed by atoms with Crippen LogP contribution in [0, 0.1) is 11.3 Å². The molecule has 3 heteroatoms. The second-order valence-electron chi connectivity index (χ2n) is 4.78. The van der Waals surface area contributed by atoms with Gasteiger partial charge in [0.15, 0.2) is 9.84 Å². The van der Waals surface area contributed by atoms with Crippen molar-refractivity contribution in [2.45, 2.75) is 33.6 Å². The van der Waals surface area contributed by atoms with Crippen molar-refractivity contribution in [1.82, 2.24) is 0 Å². The highest BCUT2D eigenvalue weighted by Gasteiger charge is 2.43. The zero-order chi connectivity index (χ0) is 9.41. The molecule has 0 saturated carbocycles. The molecule has 1 rings (SSSR count). The van der Waals surface area contributed by atoms with Gasteiger partial charge in [-0.2, -0.15) is 0 Å². The Hall–Kier alpha value is -0.0500. The monoisotopic (exact) mass is 190 g/mol. The van der Waals surface area contributed by atoms with Gasteiger partial charge in [-0.15, -0.1) is 0 Å². The normalized spacial score (nSPS) is 25.3. The van der Waals surface area contributed by atoms with Crippen LogP contribution in [0.25, 0.3) is 0 Å². The number of sulfone groups is 1. The molecular formula is C9H18O2S. The molecule has 1 fully saturated rings. The molecule has 2 nitrogen and oxygen atoms in total. The van der Waals surface area contributed by atoms with E-state index in [-0.39, 0.29) is 5.41 Å². The lowest BCUT2D eigenvalue weighted by Gasteiger charge is -2.38. The molecule has 0 atom stereocenters. The minimum absolute atomic E-state index is 0.100. The lowest BCUT2D eigenvalue weighted by atomic mass is 9.86. The van der Waals surface area contributed by atoms with Gasteiger partial charge < -0.3 is 0 Å². The largest absolute Gasteiger partial charge is 0.229 e. The van der Waals surface area contributed by atoms with Crippen molar-refractivity contribution >= 4 is 9.84 Å². The van der Waals surface area contributed by atoms with Crippen molar-refractivity contribution in [3.63, 3.8) is 0 Å². The van der Waals surface area contributed by atoms with E-state index in [9.17, 15) is 8.42 Å². The highest BCUT2D eigenvalue weighted by molar-refractivity contribution is 7.92. The van der Waals surface area contributed by atoms with Gasteiger partial charge >= 0.3 is 0 Å². The third-order valence-electron chi connectivity index (χ3n) is 2.46. The maximum Gasteiger partial charge on any atom is 0.151 e. The topological polar surface area (TPSA) is 34.1 Å². The summed E-state index contributed by atoms with van der Waals surface area (Å²) in [7, 11) is -2.64. The summed E-state index contributed by atoms with van der Waals surface area (Å²) in [6.07, 6.45) is 2.20. The van der Waals surface area contributed by atoms with Crippen LogP contribution in [0.4, 0.5) is 0 Å². The summed E-state index contributed by atoms with van der Waals surface area (Å²) in [5.74, 6) is 1.50. The van der Waals surface area contributed by atoms with E-state index in [4.69, 9.17) is 0 Å². The highest BCUT2D eigenvalue weighted by atomic mass is 32.2.